The van der Waals surface area contributed by atoms with E-state index in [2.05, 4.69) is 31.9 Å². The maximum atomic E-state index is 12.9. The fraction of sp³-hybridized carbons (Fsp3) is 0.364. The van der Waals surface area contributed by atoms with Crippen LogP contribution >= 0.6 is 12.4 Å². The van der Waals surface area contributed by atoms with Crippen LogP contribution in [0.25, 0.3) is 11.1 Å². The van der Waals surface area contributed by atoms with E-state index in [0.29, 0.717) is 6.04 Å². The molecule has 2 aromatic heterocycles. The molecule has 4 rings (SSSR count). The molecular weight excluding hydrogens is 427 g/mol. The Labute approximate surface area is 185 Å². The SMILES string of the molecule is CCC(c1cn[nH]c1)N1CCN(c2ncccc2-c2ccc(C(F)(F)F)cc2)CC1.Cl. The highest BCUT2D eigenvalue weighted by Gasteiger charge is 2.30. The number of aromatic amines is 1. The summed E-state index contributed by atoms with van der Waals surface area (Å²) in [6.07, 6.45) is 2.22. The summed E-state index contributed by atoms with van der Waals surface area (Å²) < 4.78 is 38.7. The molecule has 166 valence electrons. The zero-order chi connectivity index (χ0) is 21.1. The number of nitrogens with one attached hydrogen (secondary N) is 1. The second-order valence-electron chi connectivity index (χ2n) is 7.43. The Morgan fingerprint density at radius 1 is 1.06 bits per heavy atom. The first-order valence-corrected chi connectivity index (χ1v) is 10.1. The molecule has 0 amide bonds. The van der Waals surface area contributed by atoms with E-state index in [1.165, 1.54) is 17.7 Å². The molecule has 1 aliphatic heterocycles. The Hall–Kier alpha value is -2.58. The lowest BCUT2D eigenvalue weighted by molar-refractivity contribution is -0.137. The van der Waals surface area contributed by atoms with E-state index in [1.54, 1.807) is 6.20 Å². The molecule has 0 aliphatic carbocycles. The van der Waals surface area contributed by atoms with Gasteiger partial charge in [0.15, 0.2) is 0 Å². The van der Waals surface area contributed by atoms with Gasteiger partial charge in [-0.1, -0.05) is 19.1 Å². The van der Waals surface area contributed by atoms with E-state index in [1.807, 2.05) is 24.5 Å². The standard InChI is InChI=1S/C22H24F3N5.ClH/c1-2-20(17-14-27-28-15-17)29-10-12-30(13-11-29)21-19(4-3-9-26-21)16-5-7-18(8-6-16)22(23,24)25;/h3-9,14-15,20H,2,10-13H2,1H3,(H,27,28);1H. The fourth-order valence-electron chi connectivity index (χ4n) is 4.11. The average molecular weight is 452 g/mol. The first kappa shape index (κ1) is 23.1. The Balaban J connectivity index is 0.00000272. The quantitative estimate of drug-likeness (QED) is 0.580. The third kappa shape index (κ3) is 5.02. The monoisotopic (exact) mass is 451 g/mol. The van der Waals surface area contributed by atoms with Crippen LogP contribution in [0.2, 0.25) is 0 Å². The van der Waals surface area contributed by atoms with Crippen molar-refractivity contribution >= 4 is 18.2 Å². The maximum Gasteiger partial charge on any atom is 0.416 e. The Bertz CT molecular complexity index is 952. The van der Waals surface area contributed by atoms with E-state index in [0.717, 1.165) is 61.7 Å². The van der Waals surface area contributed by atoms with E-state index in [4.69, 9.17) is 0 Å². The minimum Gasteiger partial charge on any atom is -0.354 e. The molecule has 0 saturated carbocycles. The summed E-state index contributed by atoms with van der Waals surface area (Å²) in [7, 11) is 0. The second kappa shape index (κ2) is 9.70. The van der Waals surface area contributed by atoms with Crippen molar-refractivity contribution in [1.82, 2.24) is 20.1 Å². The molecule has 1 aromatic carbocycles. The van der Waals surface area contributed by atoms with Crippen LogP contribution < -0.4 is 4.90 Å². The lowest BCUT2D eigenvalue weighted by Gasteiger charge is -2.39. The summed E-state index contributed by atoms with van der Waals surface area (Å²) in [5.41, 5.74) is 2.13. The highest BCUT2D eigenvalue weighted by atomic mass is 35.5. The Morgan fingerprint density at radius 2 is 1.77 bits per heavy atom. The van der Waals surface area contributed by atoms with Gasteiger partial charge in [0.1, 0.15) is 5.82 Å². The van der Waals surface area contributed by atoms with Crippen LogP contribution in [0.5, 0.6) is 0 Å². The fourth-order valence-corrected chi connectivity index (χ4v) is 4.11. The number of pyridine rings is 1. The first-order valence-electron chi connectivity index (χ1n) is 10.1. The lowest BCUT2D eigenvalue weighted by atomic mass is 10.0. The van der Waals surface area contributed by atoms with Crippen molar-refractivity contribution in [2.24, 2.45) is 0 Å². The lowest BCUT2D eigenvalue weighted by Crippen LogP contribution is -2.48. The van der Waals surface area contributed by atoms with Crippen molar-refractivity contribution in [3.63, 3.8) is 0 Å². The molecule has 1 atom stereocenters. The van der Waals surface area contributed by atoms with Gasteiger partial charge in [-0.25, -0.2) is 4.98 Å². The van der Waals surface area contributed by atoms with E-state index in [-0.39, 0.29) is 12.4 Å². The number of halogens is 4. The average Bonchev–Trinajstić information content (AvgIpc) is 3.29. The number of rotatable bonds is 5. The molecular formula is C22H25ClF3N5. The third-order valence-electron chi connectivity index (χ3n) is 5.66. The molecule has 0 bridgehead atoms. The van der Waals surface area contributed by atoms with Gasteiger partial charge >= 0.3 is 6.18 Å². The third-order valence-corrected chi connectivity index (χ3v) is 5.66. The zero-order valence-electron chi connectivity index (χ0n) is 17.1. The number of hydrogen-bond acceptors (Lipinski definition) is 4. The highest BCUT2D eigenvalue weighted by molar-refractivity contribution is 5.85. The second-order valence-corrected chi connectivity index (χ2v) is 7.43. The van der Waals surface area contributed by atoms with Gasteiger partial charge < -0.3 is 4.90 Å². The molecule has 3 aromatic rings. The molecule has 1 fully saturated rings. The number of H-pyrrole nitrogens is 1. The smallest absolute Gasteiger partial charge is 0.354 e. The molecule has 31 heavy (non-hydrogen) atoms. The summed E-state index contributed by atoms with van der Waals surface area (Å²) in [5.74, 6) is 0.813. The molecule has 5 nitrogen and oxygen atoms in total. The van der Waals surface area contributed by atoms with Gasteiger partial charge in [-0.3, -0.25) is 10.00 Å². The van der Waals surface area contributed by atoms with Crippen LogP contribution in [0.15, 0.2) is 55.0 Å². The molecule has 0 spiro atoms. The van der Waals surface area contributed by atoms with Crippen LogP contribution in [0, 0.1) is 0 Å². The number of hydrogen-bond donors (Lipinski definition) is 1. The minimum absolute atomic E-state index is 0. The molecule has 1 aliphatic rings. The summed E-state index contributed by atoms with van der Waals surface area (Å²) in [6.45, 7) is 5.54. The Morgan fingerprint density at radius 3 is 2.35 bits per heavy atom. The van der Waals surface area contributed by atoms with Crippen molar-refractivity contribution in [3.05, 3.63) is 66.1 Å². The topological polar surface area (TPSA) is 48.1 Å². The number of anilines is 1. The maximum absolute atomic E-state index is 12.9. The van der Waals surface area contributed by atoms with Gasteiger partial charge in [-0.2, -0.15) is 18.3 Å². The molecule has 1 N–H and O–H groups in total. The molecule has 1 unspecified atom stereocenters. The summed E-state index contributed by atoms with van der Waals surface area (Å²) in [4.78, 5) is 9.22. The van der Waals surface area contributed by atoms with Gasteiger partial charge in [0.05, 0.1) is 11.8 Å². The van der Waals surface area contributed by atoms with E-state index >= 15 is 0 Å². The minimum atomic E-state index is -4.34. The van der Waals surface area contributed by atoms with Crippen LogP contribution in [-0.2, 0) is 6.18 Å². The van der Waals surface area contributed by atoms with Gasteiger partial charge in [0.25, 0.3) is 0 Å². The van der Waals surface area contributed by atoms with E-state index in [9.17, 15) is 13.2 Å². The predicted molar refractivity (Wildman–Crippen MR) is 117 cm³/mol. The van der Waals surface area contributed by atoms with Crippen LogP contribution in [0.3, 0.4) is 0 Å². The number of nitrogens with zero attached hydrogens (tertiary/aromatic N) is 4. The van der Waals surface area contributed by atoms with Crippen molar-refractivity contribution < 1.29 is 13.2 Å². The van der Waals surface area contributed by atoms with Crippen molar-refractivity contribution in [1.29, 1.82) is 0 Å². The number of alkyl halides is 3. The summed E-state index contributed by atoms with van der Waals surface area (Å²) in [5, 5.41) is 6.96. The highest BCUT2D eigenvalue weighted by Crippen LogP contribution is 2.34. The molecule has 9 heteroatoms. The predicted octanol–water partition coefficient (Wildman–Crippen LogP) is 5.19. The van der Waals surface area contributed by atoms with Crippen LogP contribution in [0.1, 0.15) is 30.5 Å². The molecule has 1 saturated heterocycles. The van der Waals surface area contributed by atoms with Crippen LogP contribution in [0.4, 0.5) is 19.0 Å². The summed E-state index contributed by atoms with van der Waals surface area (Å²) >= 11 is 0. The van der Waals surface area contributed by atoms with Gasteiger partial charge in [0, 0.05) is 55.7 Å². The van der Waals surface area contributed by atoms with Gasteiger partial charge in [-0.05, 0) is 36.2 Å². The van der Waals surface area contributed by atoms with E-state index < -0.39 is 11.7 Å². The normalized spacial score (nSPS) is 16.1. The largest absolute Gasteiger partial charge is 0.416 e. The Kier molecular flexibility index (Phi) is 7.23. The van der Waals surface area contributed by atoms with Crippen molar-refractivity contribution in [2.45, 2.75) is 25.6 Å². The number of benzene rings is 1. The number of aromatic nitrogens is 3. The van der Waals surface area contributed by atoms with Gasteiger partial charge in [-0.15, -0.1) is 12.4 Å². The first-order chi connectivity index (χ1) is 14.5. The molecule has 0 radical (unpaired) electrons. The van der Waals surface area contributed by atoms with Crippen LogP contribution in [-0.4, -0.2) is 46.3 Å². The zero-order valence-corrected chi connectivity index (χ0v) is 18.0. The summed E-state index contributed by atoms with van der Waals surface area (Å²) in [6, 6.07) is 9.35. The van der Waals surface area contributed by atoms with Crippen molar-refractivity contribution in [3.8, 4) is 11.1 Å². The van der Waals surface area contributed by atoms with Crippen molar-refractivity contribution in [2.75, 3.05) is 31.1 Å². The number of piperazine rings is 1. The molecule has 3 heterocycles. The van der Waals surface area contributed by atoms with Gasteiger partial charge in [0.2, 0.25) is 0 Å².